The van der Waals surface area contributed by atoms with Gasteiger partial charge >= 0.3 is 0 Å². The van der Waals surface area contributed by atoms with E-state index in [1.807, 2.05) is 32.0 Å². The third-order valence-electron chi connectivity index (χ3n) is 2.98. The lowest BCUT2D eigenvalue weighted by Crippen LogP contribution is -2.15. The predicted octanol–water partition coefficient (Wildman–Crippen LogP) is 4.52. The van der Waals surface area contributed by atoms with E-state index in [4.69, 9.17) is 0 Å². The Morgan fingerprint density at radius 1 is 1.14 bits per heavy atom. The van der Waals surface area contributed by atoms with Gasteiger partial charge in [-0.3, -0.25) is 9.78 Å². The minimum Gasteiger partial charge on any atom is -0.387 e. The minimum absolute atomic E-state index is 0.211. The molecule has 0 radical (unpaired) electrons. The zero-order valence-electron chi connectivity index (χ0n) is 11.9. The normalized spacial score (nSPS) is 10.3. The Bertz CT molecular complexity index is 678. The minimum atomic E-state index is -0.211. The fraction of sp³-hybridized carbons (Fsp3) is 0.200. The van der Waals surface area contributed by atoms with Crippen molar-refractivity contribution in [3.05, 3.63) is 50.2 Å². The van der Waals surface area contributed by atoms with Crippen LogP contribution in [0.25, 0.3) is 0 Å². The van der Waals surface area contributed by atoms with Crippen molar-refractivity contribution in [2.75, 3.05) is 17.7 Å². The summed E-state index contributed by atoms with van der Waals surface area (Å²) in [6.07, 6.45) is 1.58. The van der Waals surface area contributed by atoms with E-state index in [9.17, 15) is 4.79 Å². The molecule has 0 bridgehead atoms. The molecule has 0 unspecified atom stereocenters. The number of nitrogens with zero attached hydrogens (tertiary/aromatic N) is 1. The maximum Gasteiger partial charge on any atom is 0.259 e. The zero-order valence-corrected chi connectivity index (χ0v) is 15.1. The summed E-state index contributed by atoms with van der Waals surface area (Å²) in [4.78, 5) is 16.6. The number of hydrogen-bond acceptors (Lipinski definition) is 3. The van der Waals surface area contributed by atoms with Gasteiger partial charge in [-0.25, -0.2) is 0 Å². The van der Waals surface area contributed by atoms with Crippen molar-refractivity contribution in [1.82, 2.24) is 4.98 Å². The largest absolute Gasteiger partial charge is 0.387 e. The molecule has 21 heavy (non-hydrogen) atoms. The van der Waals surface area contributed by atoms with Crippen LogP contribution in [-0.2, 0) is 0 Å². The summed E-state index contributed by atoms with van der Waals surface area (Å²) in [6, 6.07) is 5.74. The number of carbonyl (C=O) groups excluding carboxylic acids is 1. The molecule has 0 fully saturated rings. The number of anilines is 2. The highest BCUT2D eigenvalue weighted by Crippen LogP contribution is 2.33. The first-order chi connectivity index (χ1) is 9.92. The van der Waals surface area contributed by atoms with Crippen LogP contribution in [0, 0.1) is 13.8 Å². The molecule has 0 atom stereocenters. The maximum atomic E-state index is 12.5. The summed E-state index contributed by atoms with van der Waals surface area (Å²) in [5.41, 5.74) is 3.91. The number of nitrogens with one attached hydrogen (secondary N) is 2. The molecule has 6 heteroatoms. The Labute approximate surface area is 140 Å². The van der Waals surface area contributed by atoms with Gasteiger partial charge in [-0.2, -0.15) is 0 Å². The van der Waals surface area contributed by atoms with E-state index in [0.29, 0.717) is 11.3 Å². The first-order valence-electron chi connectivity index (χ1n) is 6.33. The lowest BCUT2D eigenvalue weighted by atomic mass is 10.2. The summed E-state index contributed by atoms with van der Waals surface area (Å²) in [5.74, 6) is -0.211. The average molecular weight is 413 g/mol. The molecule has 0 aliphatic carbocycles. The summed E-state index contributed by atoms with van der Waals surface area (Å²) < 4.78 is 1.66. The highest BCUT2D eigenvalue weighted by atomic mass is 79.9. The second-order valence-corrected chi connectivity index (χ2v) is 6.39. The van der Waals surface area contributed by atoms with Gasteiger partial charge in [0.2, 0.25) is 0 Å². The summed E-state index contributed by atoms with van der Waals surface area (Å²) in [7, 11) is 1.78. The van der Waals surface area contributed by atoms with Crippen molar-refractivity contribution in [3.63, 3.8) is 0 Å². The van der Waals surface area contributed by atoms with E-state index < -0.39 is 0 Å². The van der Waals surface area contributed by atoms with Gasteiger partial charge in [0.15, 0.2) is 0 Å². The smallest absolute Gasteiger partial charge is 0.259 e. The van der Waals surface area contributed by atoms with Crippen molar-refractivity contribution >= 4 is 49.1 Å². The number of aromatic nitrogens is 1. The predicted molar refractivity (Wildman–Crippen MR) is 93.1 cm³/mol. The van der Waals surface area contributed by atoms with Gasteiger partial charge in [-0.1, -0.05) is 0 Å². The molecule has 2 rings (SSSR count). The quantitative estimate of drug-likeness (QED) is 0.779. The number of benzene rings is 1. The zero-order chi connectivity index (χ0) is 15.6. The van der Waals surface area contributed by atoms with Gasteiger partial charge in [0, 0.05) is 27.9 Å². The van der Waals surface area contributed by atoms with Crippen LogP contribution >= 0.6 is 31.9 Å². The Morgan fingerprint density at radius 2 is 1.76 bits per heavy atom. The van der Waals surface area contributed by atoms with Crippen LogP contribution in [0.15, 0.2) is 33.3 Å². The average Bonchev–Trinajstić information content (AvgIpc) is 2.42. The molecule has 0 saturated carbocycles. The molecule has 0 aliphatic rings. The van der Waals surface area contributed by atoms with E-state index in [2.05, 4.69) is 47.5 Å². The van der Waals surface area contributed by atoms with Crippen LogP contribution in [0.4, 0.5) is 11.4 Å². The lowest BCUT2D eigenvalue weighted by Gasteiger charge is -2.13. The standard InChI is InChI=1S/C15H15Br2N3O/c1-8-4-11(16)14(12(17)5-8)20-15(21)10-7-19-9(2)6-13(10)18-3/h4-7H,1-3H3,(H,18,19)(H,20,21). The van der Waals surface area contributed by atoms with Crippen molar-refractivity contribution in [3.8, 4) is 0 Å². The molecule has 1 heterocycles. The van der Waals surface area contributed by atoms with Crippen molar-refractivity contribution in [1.29, 1.82) is 0 Å². The highest BCUT2D eigenvalue weighted by molar-refractivity contribution is 9.11. The molecular formula is C15H15Br2N3O. The number of amides is 1. The number of rotatable bonds is 3. The summed E-state index contributed by atoms with van der Waals surface area (Å²) in [6.45, 7) is 3.87. The number of halogens is 2. The number of carbonyl (C=O) groups is 1. The van der Waals surface area contributed by atoms with Crippen LogP contribution in [-0.4, -0.2) is 17.9 Å². The number of pyridine rings is 1. The summed E-state index contributed by atoms with van der Waals surface area (Å²) in [5, 5.41) is 5.92. The monoisotopic (exact) mass is 411 g/mol. The topological polar surface area (TPSA) is 54.0 Å². The van der Waals surface area contributed by atoms with Crippen LogP contribution in [0.2, 0.25) is 0 Å². The van der Waals surface area contributed by atoms with Gasteiger partial charge in [-0.05, 0) is 69.5 Å². The molecule has 0 spiro atoms. The van der Waals surface area contributed by atoms with Crippen LogP contribution < -0.4 is 10.6 Å². The molecular weight excluding hydrogens is 398 g/mol. The molecule has 1 amide bonds. The van der Waals surface area contributed by atoms with Crippen molar-refractivity contribution in [2.24, 2.45) is 0 Å². The van der Waals surface area contributed by atoms with E-state index >= 15 is 0 Å². The van der Waals surface area contributed by atoms with Crippen LogP contribution in [0.1, 0.15) is 21.6 Å². The molecule has 0 aliphatic heterocycles. The van der Waals surface area contributed by atoms with Gasteiger partial charge < -0.3 is 10.6 Å². The van der Waals surface area contributed by atoms with E-state index in [0.717, 1.165) is 25.9 Å². The second-order valence-electron chi connectivity index (χ2n) is 4.68. The van der Waals surface area contributed by atoms with Gasteiger partial charge in [-0.15, -0.1) is 0 Å². The number of hydrogen-bond donors (Lipinski definition) is 2. The molecule has 4 nitrogen and oxygen atoms in total. The molecule has 1 aromatic heterocycles. The molecule has 1 aromatic carbocycles. The van der Waals surface area contributed by atoms with Crippen LogP contribution in [0.3, 0.4) is 0 Å². The Balaban J connectivity index is 2.35. The van der Waals surface area contributed by atoms with Crippen molar-refractivity contribution in [2.45, 2.75) is 13.8 Å². The van der Waals surface area contributed by atoms with Crippen molar-refractivity contribution < 1.29 is 4.79 Å². The lowest BCUT2D eigenvalue weighted by molar-refractivity contribution is 0.102. The first kappa shape index (κ1) is 16.0. The molecule has 2 N–H and O–H groups in total. The van der Waals surface area contributed by atoms with E-state index in [1.54, 1.807) is 13.2 Å². The maximum absolute atomic E-state index is 12.5. The van der Waals surface area contributed by atoms with Crippen LogP contribution in [0.5, 0.6) is 0 Å². The van der Waals surface area contributed by atoms with Gasteiger partial charge in [0.25, 0.3) is 5.91 Å². The number of aryl methyl sites for hydroxylation is 2. The van der Waals surface area contributed by atoms with Gasteiger partial charge in [0.05, 0.1) is 16.9 Å². The first-order valence-corrected chi connectivity index (χ1v) is 7.92. The van der Waals surface area contributed by atoms with Gasteiger partial charge in [0.1, 0.15) is 0 Å². The fourth-order valence-corrected chi connectivity index (χ4v) is 3.56. The Kier molecular flexibility index (Phi) is 5.00. The molecule has 0 saturated heterocycles. The summed E-state index contributed by atoms with van der Waals surface area (Å²) >= 11 is 6.94. The highest BCUT2D eigenvalue weighted by Gasteiger charge is 2.15. The second kappa shape index (κ2) is 6.58. The Hall–Kier alpha value is -1.40. The SMILES string of the molecule is CNc1cc(C)ncc1C(=O)Nc1c(Br)cc(C)cc1Br. The van der Waals surface area contributed by atoms with E-state index in [1.165, 1.54) is 0 Å². The molecule has 110 valence electrons. The Morgan fingerprint density at radius 3 is 2.33 bits per heavy atom. The molecule has 2 aromatic rings. The van der Waals surface area contributed by atoms with E-state index in [-0.39, 0.29) is 5.91 Å². The fourth-order valence-electron chi connectivity index (χ4n) is 1.95. The third-order valence-corrected chi connectivity index (χ3v) is 4.23. The third kappa shape index (κ3) is 3.63.